The number of hydrogen-bond acceptors (Lipinski definition) is 5. The summed E-state index contributed by atoms with van der Waals surface area (Å²) in [5.41, 5.74) is 4.69. The van der Waals surface area contributed by atoms with Crippen molar-refractivity contribution in [3.8, 4) is 0 Å². The van der Waals surface area contributed by atoms with Gasteiger partial charge in [-0.2, -0.15) is 0 Å². The highest BCUT2D eigenvalue weighted by Gasteiger charge is 2.43. The Morgan fingerprint density at radius 2 is 2.00 bits per heavy atom. The van der Waals surface area contributed by atoms with Crippen molar-refractivity contribution in [3.05, 3.63) is 29.3 Å². The molecule has 1 aliphatic heterocycles. The topological polar surface area (TPSA) is 110 Å². The van der Waals surface area contributed by atoms with Crippen molar-refractivity contribution < 1.29 is 26.8 Å². The monoisotopic (exact) mass is 361 g/mol. The number of carbonyl (C=O) groups is 2. The van der Waals surface area contributed by atoms with Crippen LogP contribution in [0, 0.1) is 0 Å². The van der Waals surface area contributed by atoms with E-state index in [2.05, 4.69) is 0 Å². The molecule has 0 saturated heterocycles. The summed E-state index contributed by atoms with van der Waals surface area (Å²) in [6.45, 7) is 1.20. The van der Waals surface area contributed by atoms with Gasteiger partial charge in [-0.15, -0.1) is 0 Å². The van der Waals surface area contributed by atoms with E-state index in [1.165, 1.54) is 12.1 Å². The second kappa shape index (κ2) is 6.10. The van der Waals surface area contributed by atoms with Gasteiger partial charge in [-0.1, -0.05) is 0 Å². The molecule has 10 heteroatoms. The van der Waals surface area contributed by atoms with Gasteiger partial charge < -0.3 is 11.1 Å². The molecule has 7 nitrogen and oxygen atoms in total. The third kappa shape index (κ3) is 3.11. The van der Waals surface area contributed by atoms with Gasteiger partial charge in [0.15, 0.2) is 0 Å². The third-order valence-electron chi connectivity index (χ3n) is 3.49. The quantitative estimate of drug-likeness (QED) is 0.797. The standard InChI is InChI=1S/C14H17F2N3O4S/c1-8(2)19-13(21)10-4-3-9(5-11(10)24(19,22)23)12(20)18-7-14(15,16)6-17/h3-5,8H,6-7,17H2,1-2H3,(H,18,20). The van der Waals surface area contributed by atoms with Crippen LogP contribution in [-0.4, -0.2) is 49.6 Å². The molecular weight excluding hydrogens is 344 g/mol. The molecular formula is C14H17F2N3O4S. The maximum Gasteiger partial charge on any atom is 0.277 e. The van der Waals surface area contributed by atoms with Gasteiger partial charge in [-0.05, 0) is 32.0 Å². The minimum absolute atomic E-state index is 0.0486. The normalized spacial score (nSPS) is 16.4. The summed E-state index contributed by atoms with van der Waals surface area (Å²) in [6.07, 6.45) is 0. The highest BCUT2D eigenvalue weighted by Crippen LogP contribution is 2.32. The molecule has 0 bridgehead atoms. The van der Waals surface area contributed by atoms with Crippen LogP contribution in [0.15, 0.2) is 23.1 Å². The van der Waals surface area contributed by atoms with Crippen LogP contribution in [0.4, 0.5) is 8.78 Å². The van der Waals surface area contributed by atoms with E-state index in [4.69, 9.17) is 5.73 Å². The van der Waals surface area contributed by atoms with E-state index in [0.717, 1.165) is 10.4 Å². The average Bonchev–Trinajstić information content (AvgIpc) is 2.71. The Labute approximate surface area is 137 Å². The van der Waals surface area contributed by atoms with Gasteiger partial charge in [0.2, 0.25) is 0 Å². The largest absolute Gasteiger partial charge is 0.346 e. The lowest BCUT2D eigenvalue weighted by atomic mass is 10.1. The highest BCUT2D eigenvalue weighted by molar-refractivity contribution is 7.90. The van der Waals surface area contributed by atoms with E-state index in [-0.39, 0.29) is 16.0 Å². The van der Waals surface area contributed by atoms with Gasteiger partial charge in [-0.25, -0.2) is 21.5 Å². The maximum atomic E-state index is 13.1. The number of sulfonamides is 1. The van der Waals surface area contributed by atoms with Gasteiger partial charge in [-0.3, -0.25) is 9.59 Å². The van der Waals surface area contributed by atoms with Crippen molar-refractivity contribution in [2.75, 3.05) is 13.1 Å². The van der Waals surface area contributed by atoms with Gasteiger partial charge in [0.25, 0.3) is 27.8 Å². The number of nitrogens with one attached hydrogen (secondary N) is 1. The van der Waals surface area contributed by atoms with Crippen LogP contribution >= 0.6 is 0 Å². The summed E-state index contributed by atoms with van der Waals surface area (Å²) in [6, 6.07) is 2.84. The van der Waals surface area contributed by atoms with E-state index in [0.29, 0.717) is 0 Å². The van der Waals surface area contributed by atoms with Crippen molar-refractivity contribution in [2.24, 2.45) is 5.73 Å². The van der Waals surface area contributed by atoms with Crippen LogP contribution in [0.2, 0.25) is 0 Å². The first-order chi connectivity index (χ1) is 11.0. The van der Waals surface area contributed by atoms with Crippen LogP contribution in [0.1, 0.15) is 34.6 Å². The molecule has 0 fully saturated rings. The predicted molar refractivity (Wildman–Crippen MR) is 81.3 cm³/mol. The van der Waals surface area contributed by atoms with E-state index in [1.54, 1.807) is 13.8 Å². The minimum atomic E-state index is -4.06. The van der Waals surface area contributed by atoms with Crippen molar-refractivity contribution in [1.82, 2.24) is 9.62 Å². The van der Waals surface area contributed by atoms with Crippen LogP contribution in [0.3, 0.4) is 0 Å². The zero-order chi connectivity index (χ0) is 18.3. The first kappa shape index (κ1) is 18.3. The molecule has 132 valence electrons. The van der Waals surface area contributed by atoms with Crippen LogP contribution < -0.4 is 11.1 Å². The molecule has 3 N–H and O–H groups in total. The molecule has 1 aromatic carbocycles. The Morgan fingerprint density at radius 1 is 1.38 bits per heavy atom. The lowest BCUT2D eigenvalue weighted by Gasteiger charge is -2.18. The van der Waals surface area contributed by atoms with E-state index in [1.807, 2.05) is 5.32 Å². The summed E-state index contributed by atoms with van der Waals surface area (Å²) in [7, 11) is -4.06. The number of alkyl halides is 2. The number of fused-ring (bicyclic) bond motifs is 1. The van der Waals surface area contributed by atoms with E-state index < -0.39 is 46.9 Å². The first-order valence-electron chi connectivity index (χ1n) is 7.10. The Bertz CT molecular complexity index is 793. The fraction of sp³-hybridized carbons (Fsp3) is 0.429. The van der Waals surface area contributed by atoms with Crippen LogP contribution in [-0.2, 0) is 10.0 Å². The zero-order valence-corrected chi connectivity index (χ0v) is 13.9. The summed E-state index contributed by atoms with van der Waals surface area (Å²) in [5.74, 6) is -4.82. The number of nitrogens with two attached hydrogens (primary N) is 1. The number of rotatable bonds is 5. The lowest BCUT2D eigenvalue weighted by Crippen LogP contribution is -2.41. The average molecular weight is 361 g/mol. The molecule has 0 unspecified atom stereocenters. The lowest BCUT2D eigenvalue weighted by molar-refractivity contribution is 0.0118. The molecule has 2 amide bonds. The van der Waals surface area contributed by atoms with Gasteiger partial charge in [0.1, 0.15) is 4.90 Å². The van der Waals surface area contributed by atoms with Gasteiger partial charge in [0.05, 0.1) is 18.7 Å². The number of halogens is 2. The molecule has 0 spiro atoms. The highest BCUT2D eigenvalue weighted by atomic mass is 32.2. The van der Waals surface area contributed by atoms with Crippen molar-refractivity contribution >= 4 is 21.8 Å². The SMILES string of the molecule is CC(C)N1C(=O)c2ccc(C(=O)NCC(F)(F)CN)cc2S1(=O)=O. The molecule has 0 aromatic heterocycles. The number of benzene rings is 1. The summed E-state index contributed by atoms with van der Waals surface area (Å²) < 4.78 is 51.7. The maximum absolute atomic E-state index is 13.1. The van der Waals surface area contributed by atoms with Crippen LogP contribution in [0.25, 0.3) is 0 Å². The van der Waals surface area contributed by atoms with Crippen molar-refractivity contribution in [2.45, 2.75) is 30.7 Å². The molecule has 1 aliphatic rings. The first-order valence-corrected chi connectivity index (χ1v) is 8.54. The Morgan fingerprint density at radius 3 is 2.54 bits per heavy atom. The Balaban J connectivity index is 2.33. The number of amides is 2. The van der Waals surface area contributed by atoms with E-state index in [9.17, 15) is 26.8 Å². The fourth-order valence-corrected chi connectivity index (χ4v) is 4.08. The van der Waals surface area contributed by atoms with Gasteiger partial charge in [0, 0.05) is 11.6 Å². The predicted octanol–water partition coefficient (Wildman–Crippen LogP) is 0.563. The molecule has 1 heterocycles. The Kier molecular flexibility index (Phi) is 4.64. The van der Waals surface area contributed by atoms with E-state index >= 15 is 0 Å². The summed E-state index contributed by atoms with van der Waals surface area (Å²) in [4.78, 5) is 23.8. The molecule has 1 aromatic rings. The number of hydrogen-bond donors (Lipinski definition) is 2. The minimum Gasteiger partial charge on any atom is -0.346 e. The van der Waals surface area contributed by atoms with Crippen molar-refractivity contribution in [3.63, 3.8) is 0 Å². The summed E-state index contributed by atoms with van der Waals surface area (Å²) >= 11 is 0. The molecule has 0 aliphatic carbocycles. The van der Waals surface area contributed by atoms with Crippen molar-refractivity contribution in [1.29, 1.82) is 0 Å². The third-order valence-corrected chi connectivity index (χ3v) is 5.49. The smallest absolute Gasteiger partial charge is 0.277 e. The molecule has 2 rings (SSSR count). The summed E-state index contributed by atoms with van der Waals surface area (Å²) in [5, 5.41) is 1.99. The molecule has 0 saturated carbocycles. The van der Waals surface area contributed by atoms with Gasteiger partial charge >= 0.3 is 0 Å². The second-order valence-corrected chi connectivity index (χ2v) is 7.44. The molecule has 0 atom stereocenters. The second-order valence-electron chi connectivity index (χ2n) is 5.65. The zero-order valence-electron chi connectivity index (χ0n) is 13.0. The number of nitrogens with zero attached hydrogens (tertiary/aromatic N) is 1. The Hall–Kier alpha value is -2.07. The van der Waals surface area contributed by atoms with Crippen LogP contribution in [0.5, 0.6) is 0 Å². The fourth-order valence-electron chi connectivity index (χ4n) is 2.28. The molecule has 24 heavy (non-hydrogen) atoms. The number of carbonyl (C=O) groups excluding carboxylic acids is 2. The molecule has 0 radical (unpaired) electrons.